The number of hydrogen-bond donors (Lipinski definition) is 1. The Bertz CT molecular complexity index is 571. The highest BCUT2D eigenvalue weighted by molar-refractivity contribution is 5.75. The summed E-state index contributed by atoms with van der Waals surface area (Å²) in [6.45, 7) is 0. The molecule has 1 aromatic carbocycles. The molecular formula is C10H5F9N2O. The van der Waals surface area contributed by atoms with Crippen LogP contribution in [0.25, 0.3) is 0 Å². The van der Waals surface area contributed by atoms with Crippen molar-refractivity contribution in [3.05, 3.63) is 17.7 Å². The van der Waals surface area contributed by atoms with E-state index in [0.717, 1.165) is 0 Å². The van der Waals surface area contributed by atoms with Crippen LogP contribution < -0.4 is 10.5 Å². The molecule has 0 aliphatic carbocycles. The van der Waals surface area contributed by atoms with Gasteiger partial charge in [0.05, 0.1) is 11.4 Å². The maximum absolute atomic E-state index is 12.6. The van der Waals surface area contributed by atoms with Crippen LogP contribution in [0, 0.1) is 0 Å². The minimum absolute atomic E-state index is 0.00409. The largest absolute Gasteiger partial charge is 0.573 e. The van der Waals surface area contributed by atoms with E-state index in [0.29, 0.717) is 0 Å². The molecule has 3 nitrogen and oxygen atoms in total. The minimum atomic E-state index is -5.48. The second-order valence-corrected chi connectivity index (χ2v) is 3.75. The second kappa shape index (κ2) is 5.57. The molecule has 22 heavy (non-hydrogen) atoms. The van der Waals surface area contributed by atoms with E-state index in [9.17, 15) is 39.5 Å². The maximum atomic E-state index is 12.6. The molecule has 0 radical (unpaired) electrons. The predicted molar refractivity (Wildman–Crippen MR) is 56.7 cm³/mol. The van der Waals surface area contributed by atoms with Crippen molar-refractivity contribution in [1.82, 2.24) is 0 Å². The van der Waals surface area contributed by atoms with Crippen molar-refractivity contribution in [2.75, 3.05) is 5.73 Å². The predicted octanol–water partition coefficient (Wildman–Crippen LogP) is 4.45. The van der Waals surface area contributed by atoms with Crippen LogP contribution in [0.2, 0.25) is 0 Å². The molecule has 1 aromatic rings. The summed E-state index contributed by atoms with van der Waals surface area (Å²) in [6.07, 6.45) is -16.3. The number of alkyl halides is 9. The zero-order valence-corrected chi connectivity index (χ0v) is 10.1. The lowest BCUT2D eigenvalue weighted by Crippen LogP contribution is -2.20. The Hall–Kier alpha value is -2.14. The minimum Gasteiger partial charge on any atom is -0.405 e. The molecule has 2 N–H and O–H groups in total. The molecule has 0 fully saturated rings. The van der Waals surface area contributed by atoms with Gasteiger partial charge in [0.15, 0.2) is 0 Å². The van der Waals surface area contributed by atoms with Crippen molar-refractivity contribution in [1.29, 1.82) is 0 Å². The Kier molecular flexibility index (Phi) is 4.54. The number of halogens is 9. The molecule has 0 aliphatic rings. The zero-order chi connectivity index (χ0) is 17.3. The smallest absolute Gasteiger partial charge is 0.405 e. The summed E-state index contributed by atoms with van der Waals surface area (Å²) in [5.41, 5.74) is 1.31. The molecule has 0 saturated carbocycles. The molecule has 0 atom stereocenters. The topological polar surface area (TPSA) is 47.6 Å². The van der Waals surface area contributed by atoms with Gasteiger partial charge < -0.3 is 10.5 Å². The fraction of sp³-hybridized carbons (Fsp3) is 0.300. The van der Waals surface area contributed by atoms with Crippen molar-refractivity contribution in [3.8, 4) is 5.75 Å². The summed E-state index contributed by atoms with van der Waals surface area (Å²) < 4.78 is 113. The number of ether oxygens (including phenoxy) is 1. The van der Waals surface area contributed by atoms with Gasteiger partial charge in [-0.3, -0.25) is 0 Å². The van der Waals surface area contributed by atoms with E-state index < -0.39 is 47.6 Å². The van der Waals surface area contributed by atoms with Gasteiger partial charge in [-0.05, 0) is 6.07 Å². The fourth-order valence-electron chi connectivity index (χ4n) is 1.27. The van der Waals surface area contributed by atoms with E-state index in [4.69, 9.17) is 5.73 Å². The van der Waals surface area contributed by atoms with Gasteiger partial charge in [-0.1, -0.05) is 0 Å². The van der Waals surface area contributed by atoms with Crippen molar-refractivity contribution >= 4 is 17.6 Å². The van der Waals surface area contributed by atoms with Crippen LogP contribution in [0.1, 0.15) is 5.56 Å². The molecule has 0 bridgehead atoms. The molecule has 0 heterocycles. The summed E-state index contributed by atoms with van der Waals surface area (Å²) in [7, 11) is 0. The number of aliphatic imine (C=N–C) groups is 1. The van der Waals surface area contributed by atoms with Crippen molar-refractivity contribution < 1.29 is 44.3 Å². The van der Waals surface area contributed by atoms with Crippen LogP contribution in [0.4, 0.5) is 50.9 Å². The van der Waals surface area contributed by atoms with Gasteiger partial charge in [0.2, 0.25) is 0 Å². The Morgan fingerprint density at radius 3 is 1.91 bits per heavy atom. The first-order chi connectivity index (χ1) is 9.69. The first kappa shape index (κ1) is 17.9. The summed E-state index contributed by atoms with van der Waals surface area (Å²) in [6, 6.07) is 0.0258. The third-order valence-corrected chi connectivity index (χ3v) is 2.01. The lowest BCUT2D eigenvalue weighted by molar-refractivity contribution is -0.276. The van der Waals surface area contributed by atoms with E-state index in [-0.39, 0.29) is 12.1 Å². The molecule has 0 spiro atoms. The van der Waals surface area contributed by atoms with Crippen LogP contribution in [-0.2, 0) is 6.18 Å². The Labute approximate surface area is 116 Å². The highest BCUT2D eigenvalue weighted by atomic mass is 19.4. The van der Waals surface area contributed by atoms with E-state index in [1.807, 2.05) is 0 Å². The highest BCUT2D eigenvalue weighted by Gasteiger charge is 2.40. The Morgan fingerprint density at radius 1 is 0.955 bits per heavy atom. The van der Waals surface area contributed by atoms with Crippen molar-refractivity contribution in [2.45, 2.75) is 18.7 Å². The Balaban J connectivity index is 3.40. The monoisotopic (exact) mass is 340 g/mol. The first-order valence-electron chi connectivity index (χ1n) is 5.07. The van der Waals surface area contributed by atoms with E-state index >= 15 is 0 Å². The number of hydrogen-bond acceptors (Lipinski definition) is 3. The average molecular weight is 340 g/mol. The SMILES string of the molecule is Nc1cc(C(F)(F)F)c(OC(F)(F)F)cc1N=CC(F)(F)F. The van der Waals surface area contributed by atoms with Gasteiger partial charge >= 0.3 is 18.7 Å². The van der Waals surface area contributed by atoms with E-state index in [2.05, 4.69) is 9.73 Å². The van der Waals surface area contributed by atoms with Gasteiger partial charge in [-0.15, -0.1) is 13.2 Å². The first-order valence-corrected chi connectivity index (χ1v) is 5.07. The Morgan fingerprint density at radius 2 is 1.50 bits per heavy atom. The van der Waals surface area contributed by atoms with Gasteiger partial charge in [0.25, 0.3) is 0 Å². The standard InChI is InChI=1S/C10H5F9N2O/c11-8(12,13)3-21-6-2-7(22-10(17,18)19)4(1-5(6)20)9(14,15)16/h1-3H,20H2. The summed E-state index contributed by atoms with van der Waals surface area (Å²) in [5.74, 6) is -1.76. The van der Waals surface area contributed by atoms with Gasteiger partial charge in [-0.25, -0.2) is 4.99 Å². The lowest BCUT2D eigenvalue weighted by atomic mass is 10.1. The van der Waals surface area contributed by atoms with E-state index in [1.165, 1.54) is 0 Å². The highest BCUT2D eigenvalue weighted by Crippen LogP contribution is 2.42. The normalized spacial score (nSPS) is 13.7. The lowest BCUT2D eigenvalue weighted by Gasteiger charge is -2.16. The van der Waals surface area contributed by atoms with Crippen LogP contribution in [0.5, 0.6) is 5.75 Å². The van der Waals surface area contributed by atoms with Crippen LogP contribution in [0.3, 0.4) is 0 Å². The molecule has 0 aromatic heterocycles. The number of nitrogens with zero attached hydrogens (tertiary/aromatic N) is 1. The summed E-state index contributed by atoms with van der Waals surface area (Å²) >= 11 is 0. The molecule has 1 rings (SSSR count). The molecule has 12 heteroatoms. The average Bonchev–Trinajstić information content (AvgIpc) is 2.24. The van der Waals surface area contributed by atoms with Crippen molar-refractivity contribution in [3.63, 3.8) is 0 Å². The molecule has 0 aliphatic heterocycles. The second-order valence-electron chi connectivity index (χ2n) is 3.75. The number of rotatable bonds is 2. The third-order valence-electron chi connectivity index (χ3n) is 2.01. The van der Waals surface area contributed by atoms with E-state index in [1.54, 1.807) is 0 Å². The van der Waals surface area contributed by atoms with Gasteiger partial charge in [0, 0.05) is 6.07 Å². The van der Waals surface area contributed by atoms with Crippen molar-refractivity contribution in [2.24, 2.45) is 4.99 Å². The van der Waals surface area contributed by atoms with Gasteiger partial charge in [0.1, 0.15) is 17.5 Å². The summed E-state index contributed by atoms with van der Waals surface area (Å²) in [5, 5.41) is 0. The molecular weight excluding hydrogens is 335 g/mol. The number of anilines is 1. The van der Waals surface area contributed by atoms with Crippen LogP contribution >= 0.6 is 0 Å². The van der Waals surface area contributed by atoms with Crippen LogP contribution in [-0.4, -0.2) is 18.8 Å². The fourth-order valence-corrected chi connectivity index (χ4v) is 1.27. The number of nitrogens with two attached hydrogens (primary N) is 1. The number of nitrogen functional groups attached to an aromatic ring is 1. The van der Waals surface area contributed by atoms with Gasteiger partial charge in [-0.2, -0.15) is 26.3 Å². The quantitative estimate of drug-likeness (QED) is 0.491. The molecule has 124 valence electrons. The maximum Gasteiger partial charge on any atom is 0.573 e. The molecule has 0 saturated heterocycles. The molecule has 0 unspecified atom stereocenters. The summed E-state index contributed by atoms with van der Waals surface area (Å²) in [4.78, 5) is 2.70. The third kappa shape index (κ3) is 5.33. The molecule has 0 amide bonds. The zero-order valence-electron chi connectivity index (χ0n) is 10.1. The number of benzene rings is 1. The van der Waals surface area contributed by atoms with Crippen LogP contribution in [0.15, 0.2) is 17.1 Å².